The lowest BCUT2D eigenvalue weighted by atomic mass is 10.1. The zero-order chi connectivity index (χ0) is 13.5. The molecule has 1 amide bonds. The highest BCUT2D eigenvalue weighted by atomic mass is 16.1. The van der Waals surface area contributed by atoms with E-state index in [0.29, 0.717) is 12.1 Å². The van der Waals surface area contributed by atoms with Gasteiger partial charge in [0.25, 0.3) is 5.91 Å². The molecule has 1 heterocycles. The van der Waals surface area contributed by atoms with Crippen molar-refractivity contribution in [2.24, 2.45) is 0 Å². The summed E-state index contributed by atoms with van der Waals surface area (Å²) in [5.74, 6) is -0.0662. The van der Waals surface area contributed by atoms with E-state index in [2.05, 4.69) is 20.7 Å². The summed E-state index contributed by atoms with van der Waals surface area (Å²) in [7, 11) is 1.80. The van der Waals surface area contributed by atoms with Crippen molar-refractivity contribution in [1.29, 1.82) is 0 Å². The SMILES string of the molecule is CNc1ccccc1C(=O)NCCCn1cncn1. The van der Waals surface area contributed by atoms with Crippen LogP contribution in [0.5, 0.6) is 0 Å². The first kappa shape index (κ1) is 13.1. The molecular formula is C13H17N5O. The molecule has 0 radical (unpaired) electrons. The molecule has 1 aromatic heterocycles. The van der Waals surface area contributed by atoms with Gasteiger partial charge in [0, 0.05) is 25.8 Å². The van der Waals surface area contributed by atoms with E-state index in [0.717, 1.165) is 18.7 Å². The van der Waals surface area contributed by atoms with Crippen molar-refractivity contribution in [3.8, 4) is 0 Å². The van der Waals surface area contributed by atoms with Crippen molar-refractivity contribution in [2.45, 2.75) is 13.0 Å². The fourth-order valence-corrected chi connectivity index (χ4v) is 1.79. The minimum atomic E-state index is -0.0662. The van der Waals surface area contributed by atoms with Gasteiger partial charge in [-0.05, 0) is 18.6 Å². The van der Waals surface area contributed by atoms with Crippen LogP contribution in [0.3, 0.4) is 0 Å². The quantitative estimate of drug-likeness (QED) is 0.763. The number of benzene rings is 1. The molecule has 0 atom stereocenters. The molecule has 0 spiro atoms. The number of carbonyl (C=O) groups is 1. The van der Waals surface area contributed by atoms with Gasteiger partial charge < -0.3 is 10.6 Å². The van der Waals surface area contributed by atoms with Gasteiger partial charge >= 0.3 is 0 Å². The molecule has 0 fully saturated rings. The Kier molecular flexibility index (Phi) is 4.49. The van der Waals surface area contributed by atoms with E-state index in [4.69, 9.17) is 0 Å². The number of nitrogens with zero attached hydrogens (tertiary/aromatic N) is 3. The predicted molar refractivity (Wildman–Crippen MR) is 73.0 cm³/mol. The van der Waals surface area contributed by atoms with Crippen LogP contribution in [0.2, 0.25) is 0 Å². The number of nitrogens with one attached hydrogen (secondary N) is 2. The molecular weight excluding hydrogens is 242 g/mol. The molecule has 2 rings (SSSR count). The molecule has 19 heavy (non-hydrogen) atoms. The van der Waals surface area contributed by atoms with Crippen LogP contribution < -0.4 is 10.6 Å². The second-order valence-corrected chi connectivity index (χ2v) is 4.06. The molecule has 2 aromatic rings. The standard InChI is InChI=1S/C13H17N5O/c1-14-12-6-3-2-5-11(12)13(19)16-7-4-8-18-10-15-9-17-18/h2-3,5-6,9-10,14H,4,7-8H2,1H3,(H,16,19). The fraction of sp³-hybridized carbons (Fsp3) is 0.308. The highest BCUT2D eigenvalue weighted by Gasteiger charge is 2.08. The summed E-state index contributed by atoms with van der Waals surface area (Å²) >= 11 is 0. The third-order valence-electron chi connectivity index (χ3n) is 2.76. The summed E-state index contributed by atoms with van der Waals surface area (Å²) in [6.45, 7) is 1.35. The molecule has 0 saturated heterocycles. The van der Waals surface area contributed by atoms with Gasteiger partial charge in [-0.15, -0.1) is 0 Å². The van der Waals surface area contributed by atoms with Gasteiger partial charge in [0.15, 0.2) is 0 Å². The largest absolute Gasteiger partial charge is 0.387 e. The van der Waals surface area contributed by atoms with E-state index < -0.39 is 0 Å². The lowest BCUT2D eigenvalue weighted by molar-refractivity contribution is 0.0953. The average molecular weight is 259 g/mol. The van der Waals surface area contributed by atoms with E-state index in [1.165, 1.54) is 6.33 Å². The average Bonchev–Trinajstić information content (AvgIpc) is 2.96. The molecule has 0 saturated carbocycles. The van der Waals surface area contributed by atoms with Crippen LogP contribution >= 0.6 is 0 Å². The van der Waals surface area contributed by atoms with E-state index in [9.17, 15) is 4.79 Å². The van der Waals surface area contributed by atoms with E-state index >= 15 is 0 Å². The second kappa shape index (κ2) is 6.53. The third-order valence-corrected chi connectivity index (χ3v) is 2.76. The summed E-state index contributed by atoms with van der Waals surface area (Å²) in [5, 5.41) is 9.90. The number of carbonyl (C=O) groups excluding carboxylic acids is 1. The number of aryl methyl sites for hydroxylation is 1. The highest BCUT2D eigenvalue weighted by molar-refractivity contribution is 5.99. The van der Waals surface area contributed by atoms with Crippen molar-refractivity contribution in [3.63, 3.8) is 0 Å². The molecule has 1 aromatic carbocycles. The predicted octanol–water partition coefficient (Wildman–Crippen LogP) is 1.14. The van der Waals surface area contributed by atoms with Crippen LogP contribution in [-0.4, -0.2) is 34.3 Å². The van der Waals surface area contributed by atoms with Gasteiger partial charge in [-0.2, -0.15) is 5.10 Å². The number of hydrogen-bond donors (Lipinski definition) is 2. The van der Waals surface area contributed by atoms with Crippen molar-refractivity contribution in [1.82, 2.24) is 20.1 Å². The Labute approximate surface area is 111 Å². The third kappa shape index (κ3) is 3.54. The Balaban J connectivity index is 1.81. The smallest absolute Gasteiger partial charge is 0.253 e. The molecule has 0 aliphatic heterocycles. The highest BCUT2D eigenvalue weighted by Crippen LogP contribution is 2.13. The van der Waals surface area contributed by atoms with Crippen LogP contribution in [0.15, 0.2) is 36.9 Å². The van der Waals surface area contributed by atoms with Gasteiger partial charge in [0.1, 0.15) is 12.7 Å². The first-order valence-electron chi connectivity index (χ1n) is 6.18. The zero-order valence-corrected chi connectivity index (χ0v) is 10.8. The van der Waals surface area contributed by atoms with Gasteiger partial charge in [0.05, 0.1) is 5.56 Å². The maximum atomic E-state index is 12.0. The molecule has 100 valence electrons. The fourth-order valence-electron chi connectivity index (χ4n) is 1.79. The zero-order valence-electron chi connectivity index (χ0n) is 10.8. The Hall–Kier alpha value is -2.37. The molecule has 2 N–H and O–H groups in total. The Morgan fingerprint density at radius 2 is 2.21 bits per heavy atom. The van der Waals surface area contributed by atoms with E-state index in [-0.39, 0.29) is 5.91 Å². The van der Waals surface area contributed by atoms with Crippen molar-refractivity contribution < 1.29 is 4.79 Å². The maximum absolute atomic E-state index is 12.0. The summed E-state index contributed by atoms with van der Waals surface area (Å²) in [4.78, 5) is 15.9. The Morgan fingerprint density at radius 3 is 2.95 bits per heavy atom. The minimum Gasteiger partial charge on any atom is -0.387 e. The van der Waals surface area contributed by atoms with Crippen LogP contribution in [0.4, 0.5) is 5.69 Å². The maximum Gasteiger partial charge on any atom is 0.253 e. The van der Waals surface area contributed by atoms with Crippen molar-refractivity contribution in [2.75, 3.05) is 18.9 Å². The topological polar surface area (TPSA) is 71.8 Å². The summed E-state index contributed by atoms with van der Waals surface area (Å²) < 4.78 is 1.74. The number of rotatable bonds is 6. The Bertz CT molecular complexity index is 524. The van der Waals surface area contributed by atoms with E-state index in [1.807, 2.05) is 18.2 Å². The van der Waals surface area contributed by atoms with Crippen LogP contribution in [0.25, 0.3) is 0 Å². The minimum absolute atomic E-state index is 0.0662. The summed E-state index contributed by atoms with van der Waals surface area (Å²) in [6.07, 6.45) is 3.98. The van der Waals surface area contributed by atoms with Gasteiger partial charge in [-0.25, -0.2) is 4.98 Å². The molecule has 0 unspecified atom stereocenters. The normalized spacial score (nSPS) is 10.2. The molecule has 6 nitrogen and oxygen atoms in total. The number of amides is 1. The van der Waals surface area contributed by atoms with Crippen LogP contribution in [0.1, 0.15) is 16.8 Å². The first-order chi connectivity index (χ1) is 9.31. The molecule has 0 aliphatic rings. The molecule has 6 heteroatoms. The van der Waals surface area contributed by atoms with Crippen LogP contribution in [0, 0.1) is 0 Å². The van der Waals surface area contributed by atoms with Gasteiger partial charge in [-0.3, -0.25) is 9.48 Å². The lowest BCUT2D eigenvalue weighted by Crippen LogP contribution is -2.26. The van der Waals surface area contributed by atoms with Gasteiger partial charge in [0.2, 0.25) is 0 Å². The second-order valence-electron chi connectivity index (χ2n) is 4.06. The summed E-state index contributed by atoms with van der Waals surface area (Å²) in [6, 6.07) is 7.43. The molecule has 0 bridgehead atoms. The first-order valence-corrected chi connectivity index (χ1v) is 6.18. The number of anilines is 1. The number of hydrogen-bond acceptors (Lipinski definition) is 4. The number of aromatic nitrogens is 3. The van der Waals surface area contributed by atoms with Crippen molar-refractivity contribution in [3.05, 3.63) is 42.5 Å². The van der Waals surface area contributed by atoms with E-state index in [1.54, 1.807) is 24.1 Å². The summed E-state index contributed by atoms with van der Waals surface area (Å²) in [5.41, 5.74) is 1.49. The monoisotopic (exact) mass is 259 g/mol. The number of para-hydroxylation sites is 1. The Morgan fingerprint density at radius 1 is 1.37 bits per heavy atom. The van der Waals surface area contributed by atoms with Gasteiger partial charge in [-0.1, -0.05) is 12.1 Å². The molecule has 0 aliphatic carbocycles. The lowest BCUT2D eigenvalue weighted by Gasteiger charge is -2.09. The van der Waals surface area contributed by atoms with Crippen LogP contribution in [-0.2, 0) is 6.54 Å². The van der Waals surface area contributed by atoms with Crippen molar-refractivity contribution >= 4 is 11.6 Å².